The molecule has 2 rings (SSSR count). The van der Waals surface area contributed by atoms with Gasteiger partial charge in [-0.05, 0) is 0 Å². The molecule has 0 radical (unpaired) electrons. The van der Waals surface area contributed by atoms with Crippen LogP contribution in [0.5, 0.6) is 5.75 Å². The van der Waals surface area contributed by atoms with E-state index in [9.17, 15) is 4.79 Å². The summed E-state index contributed by atoms with van der Waals surface area (Å²) in [6.07, 6.45) is 7.99. The Labute approximate surface area is 137 Å². The average molecular weight is 406 g/mol. The van der Waals surface area contributed by atoms with Crippen molar-refractivity contribution in [3.8, 4) is 5.75 Å². The molecule has 0 aliphatic carbocycles. The van der Waals surface area contributed by atoms with E-state index in [1.165, 1.54) is 3.59 Å². The number of nitrogens with zero attached hydrogens (tertiary/aromatic N) is 1. The van der Waals surface area contributed by atoms with Crippen molar-refractivity contribution in [2.24, 2.45) is 0 Å². The zero-order chi connectivity index (χ0) is 16.2. The van der Waals surface area contributed by atoms with Gasteiger partial charge in [0, 0.05) is 0 Å². The number of hydrogen-bond donors (Lipinski definition) is 0. The Hall–Kier alpha value is -1.23. The third kappa shape index (κ3) is 4.38. The maximum atomic E-state index is 12.4. The molecule has 0 aromatic heterocycles. The van der Waals surface area contributed by atoms with Crippen LogP contribution in [-0.2, 0) is 0 Å². The second kappa shape index (κ2) is 7.36. The van der Waals surface area contributed by atoms with Crippen LogP contribution < -0.4 is 4.74 Å². The summed E-state index contributed by atoms with van der Waals surface area (Å²) in [5.74, 6) is 0.584. The van der Waals surface area contributed by atoms with Crippen molar-refractivity contribution in [3.63, 3.8) is 0 Å². The van der Waals surface area contributed by atoms with E-state index in [1.807, 2.05) is 24.4 Å². The molecule has 0 saturated carbocycles. The monoisotopic (exact) mass is 407 g/mol. The minimum atomic E-state index is -2.11. The van der Waals surface area contributed by atoms with Crippen molar-refractivity contribution >= 4 is 24.5 Å². The van der Waals surface area contributed by atoms with Crippen LogP contribution in [0.3, 0.4) is 0 Å². The fourth-order valence-corrected chi connectivity index (χ4v) is 6.09. The van der Waals surface area contributed by atoms with Crippen LogP contribution in [0.25, 0.3) is 0 Å². The third-order valence-electron chi connectivity index (χ3n) is 3.75. The molecule has 1 aromatic carbocycles. The van der Waals surface area contributed by atoms with Gasteiger partial charge in [-0.25, -0.2) is 0 Å². The molecule has 4 heteroatoms. The molecule has 0 bridgehead atoms. The van der Waals surface area contributed by atoms with Crippen molar-refractivity contribution in [3.05, 3.63) is 52.3 Å². The fraction of sp³-hybridized carbons (Fsp3) is 0.389. The van der Waals surface area contributed by atoms with Gasteiger partial charge >= 0.3 is 138 Å². The van der Waals surface area contributed by atoms with Gasteiger partial charge < -0.3 is 0 Å². The zero-order valence-electron chi connectivity index (χ0n) is 13.9. The van der Waals surface area contributed by atoms with Gasteiger partial charge in [-0.3, -0.25) is 0 Å². The first-order chi connectivity index (χ1) is 10.4. The van der Waals surface area contributed by atoms with Crippen molar-refractivity contribution in [1.29, 1.82) is 0 Å². The Bertz CT molecular complexity index is 572. The number of allylic oxidation sites excluding steroid dienone is 2. The number of carbonyl (C=O) groups excluding carboxylic acids is 1. The molecule has 1 heterocycles. The zero-order valence-corrected chi connectivity index (χ0v) is 16.7. The van der Waals surface area contributed by atoms with E-state index < -0.39 is 18.4 Å². The Morgan fingerprint density at radius 3 is 2.50 bits per heavy atom. The molecule has 0 fully saturated rings. The van der Waals surface area contributed by atoms with Crippen LogP contribution >= 0.6 is 0 Å². The van der Waals surface area contributed by atoms with Gasteiger partial charge in [-0.15, -0.1) is 0 Å². The number of benzene rings is 1. The normalized spacial score (nSPS) is 18.1. The first-order valence-electron chi connectivity index (χ1n) is 7.87. The molecule has 0 saturated heterocycles. The van der Waals surface area contributed by atoms with E-state index in [0.717, 1.165) is 12.8 Å². The van der Waals surface area contributed by atoms with E-state index in [1.54, 1.807) is 17.0 Å². The molecule has 1 amide bonds. The van der Waals surface area contributed by atoms with Crippen LogP contribution in [0.1, 0.15) is 19.8 Å². The standard InChI is InChI=1S/C15H16NO2.3CH3.Sn/c1-2-8-13-9-6-7-12-16(13)15(17)18-14-10-4-3-5-11-14;;;;/h3-5,7,9-13H,2,8H2,1H3;3*1H3;. The maximum absolute atomic E-state index is 12.4. The van der Waals surface area contributed by atoms with Crippen molar-refractivity contribution in [2.45, 2.75) is 40.6 Å². The number of rotatable bonds is 4. The van der Waals surface area contributed by atoms with Crippen molar-refractivity contribution < 1.29 is 9.53 Å². The van der Waals surface area contributed by atoms with Crippen LogP contribution in [-0.4, -0.2) is 35.4 Å². The predicted molar refractivity (Wildman–Crippen MR) is 93.6 cm³/mol. The van der Waals surface area contributed by atoms with E-state index in [-0.39, 0.29) is 12.1 Å². The van der Waals surface area contributed by atoms with Crippen molar-refractivity contribution in [1.82, 2.24) is 4.90 Å². The second-order valence-corrected chi connectivity index (χ2v) is 21.1. The van der Waals surface area contributed by atoms with E-state index in [4.69, 9.17) is 4.74 Å². The molecule has 22 heavy (non-hydrogen) atoms. The summed E-state index contributed by atoms with van der Waals surface area (Å²) in [4.78, 5) is 21.4. The fourth-order valence-electron chi connectivity index (χ4n) is 2.47. The number of carbonyl (C=O) groups is 1. The second-order valence-electron chi connectivity index (χ2n) is 6.63. The summed E-state index contributed by atoms with van der Waals surface area (Å²) >= 11 is -2.11. The van der Waals surface area contributed by atoms with E-state index >= 15 is 0 Å². The van der Waals surface area contributed by atoms with Gasteiger partial charge in [0.2, 0.25) is 0 Å². The van der Waals surface area contributed by atoms with Gasteiger partial charge in [-0.1, -0.05) is 0 Å². The molecule has 1 aliphatic rings. The summed E-state index contributed by atoms with van der Waals surface area (Å²) in [5, 5.41) is 0. The molecule has 1 atom stereocenters. The molecular weight excluding hydrogens is 381 g/mol. The molecule has 1 aromatic rings. The van der Waals surface area contributed by atoms with Gasteiger partial charge in [0.25, 0.3) is 0 Å². The summed E-state index contributed by atoms with van der Waals surface area (Å²) in [6.45, 7) is 2.15. The van der Waals surface area contributed by atoms with E-state index in [2.05, 4.69) is 33.9 Å². The van der Waals surface area contributed by atoms with Gasteiger partial charge in [0.05, 0.1) is 0 Å². The summed E-state index contributed by atoms with van der Waals surface area (Å²) in [5.41, 5.74) is 0. The van der Waals surface area contributed by atoms with Crippen molar-refractivity contribution in [2.75, 3.05) is 0 Å². The Kier molecular flexibility index (Phi) is 5.73. The molecule has 3 nitrogen and oxygen atoms in total. The number of amides is 1. The van der Waals surface area contributed by atoms with E-state index in [0.29, 0.717) is 5.75 Å². The molecular formula is C18H25NO2Sn. The predicted octanol–water partition coefficient (Wildman–Crippen LogP) is 4.99. The molecule has 118 valence electrons. The third-order valence-corrected chi connectivity index (χ3v) is 9.65. The Morgan fingerprint density at radius 1 is 1.23 bits per heavy atom. The number of para-hydroxylation sites is 1. The molecule has 0 spiro atoms. The summed E-state index contributed by atoms with van der Waals surface area (Å²) in [6, 6.07) is 9.34. The van der Waals surface area contributed by atoms with Crippen LogP contribution in [0.2, 0.25) is 14.8 Å². The number of hydrogen-bond acceptors (Lipinski definition) is 2. The Morgan fingerprint density at radius 2 is 1.91 bits per heavy atom. The molecule has 1 unspecified atom stereocenters. The SMILES string of the molecule is CCCC1C=[C]([Sn]([CH3])([CH3])[CH3])C=CN1C(=O)Oc1ccccc1. The van der Waals surface area contributed by atoms with Gasteiger partial charge in [0.15, 0.2) is 0 Å². The van der Waals surface area contributed by atoms with Crippen LogP contribution in [0, 0.1) is 0 Å². The first-order valence-corrected chi connectivity index (χ1v) is 17.9. The topological polar surface area (TPSA) is 29.5 Å². The average Bonchev–Trinajstić information content (AvgIpc) is 2.47. The molecule has 0 N–H and O–H groups in total. The summed E-state index contributed by atoms with van der Waals surface area (Å²) in [7, 11) is 0. The van der Waals surface area contributed by atoms with Gasteiger partial charge in [0.1, 0.15) is 0 Å². The molecule has 1 aliphatic heterocycles. The van der Waals surface area contributed by atoms with Gasteiger partial charge in [-0.2, -0.15) is 0 Å². The van der Waals surface area contributed by atoms with Crippen LogP contribution in [0.15, 0.2) is 52.3 Å². The minimum absolute atomic E-state index is 0.108. The first kappa shape index (κ1) is 17.1. The summed E-state index contributed by atoms with van der Waals surface area (Å²) < 4.78 is 6.94. The quantitative estimate of drug-likeness (QED) is 0.660. The Balaban J connectivity index is 2.15. The number of ether oxygens (including phenoxy) is 1. The van der Waals surface area contributed by atoms with Crippen LogP contribution in [0.4, 0.5) is 4.79 Å².